The first-order valence-electron chi connectivity index (χ1n) is 12.6. The van der Waals surface area contributed by atoms with Gasteiger partial charge in [0.1, 0.15) is 18.1 Å². The second kappa shape index (κ2) is 15.9. The molecule has 1 rings (SSSR count). The minimum Gasteiger partial charge on any atom is -0.480 e. The fourth-order valence-electron chi connectivity index (χ4n) is 3.58. The van der Waals surface area contributed by atoms with Crippen LogP contribution in [-0.2, 0) is 25.6 Å². The fraction of sp³-hybridized carbons (Fsp3) is 0.708. The van der Waals surface area contributed by atoms with Crippen LogP contribution in [0.15, 0.2) is 12.5 Å². The standard InChI is InChI=1S/C24H43N7O5/c1-5-14(3)19(26)22(33)29-17(9-7-8-10-25)21(32)31-20(15(4)6-2)23(34)30-18(24(35)36)11-16-12-27-13-28-16/h12-15,17-20H,5-11,25-26H2,1-4H3,(H,27,28)(H,29,33)(H,30,34)(H,31,32)(H,35,36). The van der Waals surface area contributed by atoms with Crippen LogP contribution in [0, 0.1) is 11.8 Å². The Morgan fingerprint density at radius 2 is 1.61 bits per heavy atom. The van der Waals surface area contributed by atoms with Crippen LogP contribution in [0.5, 0.6) is 0 Å². The average molecular weight is 510 g/mol. The Balaban J connectivity index is 3.01. The third-order valence-corrected chi connectivity index (χ3v) is 6.53. The highest BCUT2D eigenvalue weighted by Crippen LogP contribution is 2.12. The SMILES string of the molecule is CCC(C)C(N)C(=O)NC(CCCCN)C(=O)NC(C(=O)NC(Cc1cnc[nH]1)C(=O)O)C(C)CC. The first-order chi connectivity index (χ1) is 17.0. The minimum absolute atomic E-state index is 0.00746. The Labute approximate surface area is 212 Å². The van der Waals surface area contributed by atoms with Crippen LogP contribution in [-0.4, -0.2) is 69.5 Å². The molecule has 0 aliphatic heterocycles. The van der Waals surface area contributed by atoms with Crippen molar-refractivity contribution >= 4 is 23.7 Å². The van der Waals surface area contributed by atoms with Crippen LogP contribution in [0.4, 0.5) is 0 Å². The maximum Gasteiger partial charge on any atom is 0.326 e. The van der Waals surface area contributed by atoms with Crippen molar-refractivity contribution < 1.29 is 24.3 Å². The summed E-state index contributed by atoms with van der Waals surface area (Å²) < 4.78 is 0. The van der Waals surface area contributed by atoms with Crippen LogP contribution in [0.3, 0.4) is 0 Å². The minimum atomic E-state index is -1.21. The van der Waals surface area contributed by atoms with E-state index >= 15 is 0 Å². The molecule has 12 nitrogen and oxygen atoms in total. The number of nitrogens with two attached hydrogens (primary N) is 2. The number of carboxylic acid groups (broad SMARTS) is 1. The lowest BCUT2D eigenvalue weighted by Crippen LogP contribution is -2.59. The third-order valence-electron chi connectivity index (χ3n) is 6.53. The Bertz CT molecular complexity index is 833. The molecule has 6 unspecified atom stereocenters. The van der Waals surface area contributed by atoms with Gasteiger partial charge in [0.2, 0.25) is 17.7 Å². The summed E-state index contributed by atoms with van der Waals surface area (Å²) in [6.07, 6.45) is 5.76. The molecule has 3 amide bonds. The number of carbonyl (C=O) groups excluding carboxylic acids is 3. The van der Waals surface area contributed by atoms with E-state index in [1.54, 1.807) is 6.92 Å². The summed E-state index contributed by atoms with van der Waals surface area (Å²) in [7, 11) is 0. The predicted molar refractivity (Wildman–Crippen MR) is 136 cm³/mol. The highest BCUT2D eigenvalue weighted by molar-refractivity contribution is 5.94. The van der Waals surface area contributed by atoms with E-state index in [0.717, 1.165) is 0 Å². The number of aromatic amines is 1. The molecule has 0 radical (unpaired) electrons. The number of aliphatic carboxylic acids is 1. The Kier molecular flexibility index (Phi) is 13.7. The van der Waals surface area contributed by atoms with E-state index in [2.05, 4.69) is 25.9 Å². The molecule has 0 aliphatic carbocycles. The molecular weight excluding hydrogens is 466 g/mol. The Hall–Kier alpha value is -2.99. The monoisotopic (exact) mass is 509 g/mol. The second-order valence-electron chi connectivity index (χ2n) is 9.31. The number of rotatable bonds is 17. The number of unbranched alkanes of at least 4 members (excludes halogenated alkanes) is 1. The molecule has 0 saturated heterocycles. The van der Waals surface area contributed by atoms with Crippen molar-refractivity contribution in [3.63, 3.8) is 0 Å². The second-order valence-corrected chi connectivity index (χ2v) is 9.31. The van der Waals surface area contributed by atoms with E-state index in [9.17, 15) is 24.3 Å². The molecule has 0 aromatic carbocycles. The maximum absolute atomic E-state index is 13.2. The summed E-state index contributed by atoms with van der Waals surface area (Å²) in [4.78, 5) is 57.5. The number of hydrogen-bond acceptors (Lipinski definition) is 7. The normalized spacial score (nSPS) is 16.2. The molecule has 6 atom stereocenters. The zero-order valence-corrected chi connectivity index (χ0v) is 21.8. The molecule has 0 spiro atoms. The molecule has 0 fully saturated rings. The predicted octanol–water partition coefficient (Wildman–Crippen LogP) is 0.0397. The lowest BCUT2D eigenvalue weighted by molar-refractivity contribution is -0.142. The topological polar surface area (TPSA) is 205 Å². The van der Waals surface area contributed by atoms with Crippen molar-refractivity contribution in [2.24, 2.45) is 23.3 Å². The summed E-state index contributed by atoms with van der Waals surface area (Å²) in [5.41, 5.74) is 12.2. The number of carbonyl (C=O) groups is 4. The van der Waals surface area contributed by atoms with Gasteiger partial charge < -0.3 is 37.5 Å². The first kappa shape index (κ1) is 31.0. The molecule has 0 aliphatic rings. The van der Waals surface area contributed by atoms with E-state index in [1.165, 1.54) is 12.5 Å². The molecule has 0 saturated carbocycles. The smallest absolute Gasteiger partial charge is 0.326 e. The molecular formula is C24H43N7O5. The van der Waals surface area contributed by atoms with Crippen LogP contribution in [0.2, 0.25) is 0 Å². The lowest BCUT2D eigenvalue weighted by Gasteiger charge is -2.28. The number of aromatic nitrogens is 2. The van der Waals surface area contributed by atoms with Gasteiger partial charge in [-0.05, 0) is 37.6 Å². The van der Waals surface area contributed by atoms with Crippen LogP contribution < -0.4 is 27.4 Å². The zero-order chi connectivity index (χ0) is 27.3. The highest BCUT2D eigenvalue weighted by Gasteiger charge is 2.33. The van der Waals surface area contributed by atoms with E-state index in [4.69, 9.17) is 11.5 Å². The van der Waals surface area contributed by atoms with Crippen LogP contribution in [0.25, 0.3) is 0 Å². The number of nitrogens with zero attached hydrogens (tertiary/aromatic N) is 1. The van der Waals surface area contributed by atoms with Gasteiger partial charge in [-0.25, -0.2) is 9.78 Å². The summed E-state index contributed by atoms with van der Waals surface area (Å²) in [5.74, 6) is -3.16. The van der Waals surface area contributed by atoms with E-state index in [0.29, 0.717) is 44.3 Å². The molecule has 9 N–H and O–H groups in total. The number of H-pyrrole nitrogens is 1. The van der Waals surface area contributed by atoms with Gasteiger partial charge in [-0.15, -0.1) is 0 Å². The largest absolute Gasteiger partial charge is 0.480 e. The van der Waals surface area contributed by atoms with Crippen molar-refractivity contribution in [3.8, 4) is 0 Å². The lowest BCUT2D eigenvalue weighted by atomic mass is 9.96. The van der Waals surface area contributed by atoms with E-state index in [-0.39, 0.29) is 18.3 Å². The van der Waals surface area contributed by atoms with Crippen LogP contribution in [0.1, 0.15) is 65.5 Å². The van der Waals surface area contributed by atoms with Gasteiger partial charge in [0.05, 0.1) is 12.4 Å². The van der Waals surface area contributed by atoms with Gasteiger partial charge in [0.15, 0.2) is 0 Å². The molecule has 12 heteroatoms. The molecule has 0 bridgehead atoms. The van der Waals surface area contributed by atoms with E-state index in [1.807, 2.05) is 20.8 Å². The van der Waals surface area contributed by atoms with Gasteiger partial charge >= 0.3 is 5.97 Å². The van der Waals surface area contributed by atoms with Crippen molar-refractivity contribution in [2.75, 3.05) is 6.54 Å². The number of hydrogen-bond donors (Lipinski definition) is 7. The Morgan fingerprint density at radius 3 is 2.14 bits per heavy atom. The zero-order valence-electron chi connectivity index (χ0n) is 21.8. The summed E-state index contributed by atoms with van der Waals surface area (Å²) in [5, 5.41) is 17.6. The van der Waals surface area contributed by atoms with Crippen LogP contribution >= 0.6 is 0 Å². The van der Waals surface area contributed by atoms with Crippen molar-refractivity contribution in [1.29, 1.82) is 0 Å². The molecule has 1 aromatic rings. The molecule has 1 heterocycles. The summed E-state index contributed by atoms with van der Waals surface area (Å²) >= 11 is 0. The summed E-state index contributed by atoms with van der Waals surface area (Å²) in [6.45, 7) is 7.88. The number of amides is 3. The third kappa shape index (κ3) is 9.94. The van der Waals surface area contributed by atoms with Gasteiger partial charge in [-0.1, -0.05) is 40.5 Å². The first-order valence-corrected chi connectivity index (χ1v) is 12.6. The quantitative estimate of drug-likeness (QED) is 0.142. The van der Waals surface area contributed by atoms with Crippen molar-refractivity contribution in [2.45, 2.75) is 90.4 Å². The van der Waals surface area contributed by atoms with Gasteiger partial charge in [-0.2, -0.15) is 0 Å². The fourth-order valence-corrected chi connectivity index (χ4v) is 3.58. The number of carboxylic acids is 1. The average Bonchev–Trinajstić information content (AvgIpc) is 3.37. The van der Waals surface area contributed by atoms with Gasteiger partial charge in [0, 0.05) is 18.3 Å². The van der Waals surface area contributed by atoms with E-state index < -0.39 is 47.9 Å². The Morgan fingerprint density at radius 1 is 0.972 bits per heavy atom. The van der Waals surface area contributed by atoms with Crippen molar-refractivity contribution in [1.82, 2.24) is 25.9 Å². The molecule has 204 valence electrons. The number of imidazole rings is 1. The molecule has 36 heavy (non-hydrogen) atoms. The van der Waals surface area contributed by atoms with Gasteiger partial charge in [-0.3, -0.25) is 14.4 Å². The van der Waals surface area contributed by atoms with Gasteiger partial charge in [0.25, 0.3) is 0 Å². The maximum atomic E-state index is 13.2. The number of nitrogens with one attached hydrogen (secondary N) is 4. The van der Waals surface area contributed by atoms with Crippen molar-refractivity contribution in [3.05, 3.63) is 18.2 Å². The summed E-state index contributed by atoms with van der Waals surface area (Å²) in [6, 6.07) is -3.88. The highest BCUT2D eigenvalue weighted by atomic mass is 16.4. The molecule has 1 aromatic heterocycles.